The molecule has 0 amide bonds. The van der Waals surface area contributed by atoms with Gasteiger partial charge in [0.25, 0.3) is 5.69 Å². The molecule has 2 aromatic carbocycles. The van der Waals surface area contributed by atoms with Crippen molar-refractivity contribution in [3.8, 4) is 5.75 Å². The van der Waals surface area contributed by atoms with Gasteiger partial charge in [-0.2, -0.15) is 0 Å². The first-order chi connectivity index (χ1) is 9.56. The predicted molar refractivity (Wildman–Crippen MR) is 78.8 cm³/mol. The Balaban J connectivity index is 2.11. The fourth-order valence-electron chi connectivity index (χ4n) is 1.54. The highest BCUT2D eigenvalue weighted by Crippen LogP contribution is 2.25. The number of hydrogen-bond acceptors (Lipinski definition) is 4. The number of thiocarbonyl (C=S) groups is 1. The van der Waals surface area contributed by atoms with Crippen LogP contribution >= 0.6 is 12.2 Å². The number of hydrogen-bond donors (Lipinski definition) is 2. The highest BCUT2D eigenvalue weighted by atomic mass is 32.1. The van der Waals surface area contributed by atoms with Crippen LogP contribution in [0, 0.1) is 10.1 Å². The van der Waals surface area contributed by atoms with Gasteiger partial charge < -0.3 is 15.7 Å². The molecular formula is C13H10N3O3S-. The summed E-state index contributed by atoms with van der Waals surface area (Å²) in [7, 11) is 0. The number of nitrogens with zero attached hydrogens (tertiary/aromatic N) is 1. The largest absolute Gasteiger partial charge is 0.871 e. The Morgan fingerprint density at radius 2 is 1.80 bits per heavy atom. The van der Waals surface area contributed by atoms with E-state index < -0.39 is 4.92 Å². The Labute approximate surface area is 120 Å². The van der Waals surface area contributed by atoms with Gasteiger partial charge in [-0.3, -0.25) is 10.1 Å². The van der Waals surface area contributed by atoms with Gasteiger partial charge in [0.05, 0.1) is 4.92 Å². The lowest BCUT2D eigenvalue weighted by atomic mass is 10.2. The molecule has 0 saturated carbocycles. The standard InChI is InChI=1S/C13H11N3O3S/c17-12-7-6-10(16(18)19)8-11(12)15-13(20)14-9-4-2-1-3-5-9/h1-8,17H,(H2,14,15,20)/p-1. The highest BCUT2D eigenvalue weighted by molar-refractivity contribution is 7.80. The molecule has 2 aromatic rings. The summed E-state index contributed by atoms with van der Waals surface area (Å²) in [4.78, 5) is 10.1. The number of anilines is 2. The summed E-state index contributed by atoms with van der Waals surface area (Å²) in [5.41, 5.74) is 0.644. The number of nitrogens with one attached hydrogen (secondary N) is 2. The van der Waals surface area contributed by atoms with E-state index >= 15 is 0 Å². The lowest BCUT2D eigenvalue weighted by molar-refractivity contribution is -0.385. The molecule has 0 heterocycles. The topological polar surface area (TPSA) is 90.3 Å². The fourth-order valence-corrected chi connectivity index (χ4v) is 1.76. The summed E-state index contributed by atoms with van der Waals surface area (Å²) in [6.07, 6.45) is 0. The Hall–Kier alpha value is -2.67. The van der Waals surface area contributed by atoms with E-state index in [1.54, 1.807) is 12.1 Å². The predicted octanol–water partition coefficient (Wildman–Crippen LogP) is 2.48. The Morgan fingerprint density at radius 1 is 1.10 bits per heavy atom. The number of rotatable bonds is 3. The monoisotopic (exact) mass is 288 g/mol. The minimum atomic E-state index is -0.571. The van der Waals surface area contributed by atoms with Crippen LogP contribution in [0.1, 0.15) is 0 Å². The number of nitro groups is 1. The van der Waals surface area contributed by atoms with Crippen LogP contribution in [-0.2, 0) is 0 Å². The van der Waals surface area contributed by atoms with Crippen LogP contribution in [0.4, 0.5) is 17.1 Å². The molecular weight excluding hydrogens is 278 g/mol. The molecule has 20 heavy (non-hydrogen) atoms. The van der Waals surface area contributed by atoms with Crippen LogP contribution in [0.3, 0.4) is 0 Å². The van der Waals surface area contributed by atoms with Gasteiger partial charge in [0.15, 0.2) is 5.11 Å². The van der Waals surface area contributed by atoms with Crippen molar-refractivity contribution in [3.63, 3.8) is 0 Å². The average molecular weight is 288 g/mol. The molecule has 0 aliphatic rings. The van der Waals surface area contributed by atoms with Gasteiger partial charge in [0.2, 0.25) is 0 Å². The second kappa shape index (κ2) is 5.98. The molecule has 6 nitrogen and oxygen atoms in total. The Morgan fingerprint density at radius 3 is 2.45 bits per heavy atom. The van der Waals surface area contributed by atoms with Crippen LogP contribution in [0.5, 0.6) is 5.75 Å². The van der Waals surface area contributed by atoms with Crippen LogP contribution in [0.25, 0.3) is 0 Å². The van der Waals surface area contributed by atoms with Gasteiger partial charge in [-0.1, -0.05) is 30.0 Å². The molecule has 0 bridgehead atoms. The summed E-state index contributed by atoms with van der Waals surface area (Å²) < 4.78 is 0. The molecule has 0 aliphatic heterocycles. The van der Waals surface area contributed by atoms with Crippen molar-refractivity contribution in [1.29, 1.82) is 0 Å². The van der Waals surface area contributed by atoms with Crippen molar-refractivity contribution in [2.75, 3.05) is 10.6 Å². The minimum absolute atomic E-state index is 0.0626. The summed E-state index contributed by atoms with van der Waals surface area (Å²) in [5, 5.41) is 28.0. The maximum atomic E-state index is 11.6. The van der Waals surface area contributed by atoms with Crippen molar-refractivity contribution in [2.45, 2.75) is 0 Å². The first kappa shape index (κ1) is 13.8. The van der Waals surface area contributed by atoms with Crippen molar-refractivity contribution in [3.05, 3.63) is 58.6 Å². The zero-order chi connectivity index (χ0) is 14.5. The molecule has 0 aliphatic carbocycles. The smallest absolute Gasteiger partial charge is 0.271 e. The van der Waals surface area contributed by atoms with Gasteiger partial charge in [-0.25, -0.2) is 0 Å². The van der Waals surface area contributed by atoms with Crippen molar-refractivity contribution >= 4 is 34.4 Å². The Bertz CT molecular complexity index is 647. The SMILES string of the molecule is O=[N+]([O-])c1ccc([O-])c(NC(=S)Nc2ccccc2)c1. The lowest BCUT2D eigenvalue weighted by Crippen LogP contribution is -2.20. The molecule has 0 atom stereocenters. The minimum Gasteiger partial charge on any atom is -0.871 e. The second-order valence-electron chi connectivity index (χ2n) is 3.88. The van der Waals surface area contributed by atoms with Gasteiger partial charge in [0, 0.05) is 23.5 Å². The van der Waals surface area contributed by atoms with Crippen molar-refractivity contribution in [2.24, 2.45) is 0 Å². The molecule has 102 valence electrons. The number of non-ortho nitro benzene ring substituents is 1. The van der Waals surface area contributed by atoms with E-state index in [2.05, 4.69) is 10.6 Å². The summed E-state index contributed by atoms with van der Waals surface area (Å²) >= 11 is 5.06. The van der Waals surface area contributed by atoms with E-state index in [0.717, 1.165) is 23.9 Å². The van der Waals surface area contributed by atoms with Crippen LogP contribution < -0.4 is 15.7 Å². The van der Waals surface area contributed by atoms with E-state index in [4.69, 9.17) is 12.2 Å². The normalized spacial score (nSPS) is 9.80. The van der Waals surface area contributed by atoms with Crippen molar-refractivity contribution in [1.82, 2.24) is 0 Å². The third-order valence-electron chi connectivity index (χ3n) is 2.45. The highest BCUT2D eigenvalue weighted by Gasteiger charge is 2.07. The second-order valence-corrected chi connectivity index (χ2v) is 4.29. The van der Waals surface area contributed by atoms with Crippen molar-refractivity contribution < 1.29 is 10.0 Å². The fraction of sp³-hybridized carbons (Fsp3) is 0. The number of para-hydroxylation sites is 1. The molecule has 0 aromatic heterocycles. The van der Waals surface area contributed by atoms with E-state index in [9.17, 15) is 15.2 Å². The zero-order valence-electron chi connectivity index (χ0n) is 10.2. The van der Waals surface area contributed by atoms with Crippen LogP contribution in [0.2, 0.25) is 0 Å². The third kappa shape index (κ3) is 3.42. The zero-order valence-corrected chi connectivity index (χ0v) is 11.0. The van der Waals surface area contributed by atoms with E-state index in [0.29, 0.717) is 0 Å². The number of benzene rings is 2. The molecule has 2 rings (SSSR count). The Kier molecular flexibility index (Phi) is 4.11. The summed E-state index contributed by atoms with van der Waals surface area (Å²) in [6.45, 7) is 0. The van der Waals surface area contributed by atoms with Gasteiger partial charge in [-0.15, -0.1) is 0 Å². The number of nitro benzene ring substituents is 1. The van der Waals surface area contributed by atoms with Crippen LogP contribution in [-0.4, -0.2) is 10.0 Å². The molecule has 2 N–H and O–H groups in total. The molecule has 0 fully saturated rings. The third-order valence-corrected chi connectivity index (χ3v) is 2.66. The van der Waals surface area contributed by atoms with Crippen LogP contribution in [0.15, 0.2) is 48.5 Å². The van der Waals surface area contributed by atoms with E-state index in [1.165, 1.54) is 0 Å². The first-order valence-electron chi connectivity index (χ1n) is 5.65. The maximum absolute atomic E-state index is 11.6. The molecule has 0 spiro atoms. The molecule has 0 radical (unpaired) electrons. The molecule has 0 unspecified atom stereocenters. The van der Waals surface area contributed by atoms with E-state index in [1.807, 2.05) is 18.2 Å². The average Bonchev–Trinajstić information content (AvgIpc) is 2.42. The van der Waals surface area contributed by atoms with Gasteiger partial charge >= 0.3 is 0 Å². The quantitative estimate of drug-likeness (QED) is 0.512. The first-order valence-corrected chi connectivity index (χ1v) is 6.05. The van der Waals surface area contributed by atoms with Gasteiger partial charge in [0.1, 0.15) is 0 Å². The van der Waals surface area contributed by atoms with E-state index in [-0.39, 0.29) is 22.2 Å². The van der Waals surface area contributed by atoms with Gasteiger partial charge in [-0.05, 0) is 24.4 Å². The lowest BCUT2D eigenvalue weighted by Gasteiger charge is -2.16. The molecule has 7 heteroatoms. The maximum Gasteiger partial charge on any atom is 0.271 e. The summed E-state index contributed by atoms with van der Waals surface area (Å²) in [5.74, 6) is -0.368. The summed E-state index contributed by atoms with van der Waals surface area (Å²) in [6, 6.07) is 12.6. The molecule has 0 saturated heterocycles.